The van der Waals surface area contributed by atoms with Gasteiger partial charge in [0.05, 0.1) is 41.8 Å². The summed E-state index contributed by atoms with van der Waals surface area (Å²) in [4.78, 5) is 31.6. The van der Waals surface area contributed by atoms with Crippen LogP contribution in [0.2, 0.25) is 0 Å². The third kappa shape index (κ3) is 5.31. The number of hydrogen-bond acceptors (Lipinski definition) is 8. The number of para-hydroxylation sites is 1. The van der Waals surface area contributed by atoms with Gasteiger partial charge in [0, 0.05) is 24.8 Å². The van der Waals surface area contributed by atoms with Crippen LogP contribution < -0.4 is 4.74 Å². The number of H-pyrrole nitrogens is 1. The molecule has 10 nitrogen and oxygen atoms in total. The van der Waals surface area contributed by atoms with Gasteiger partial charge in [-0.15, -0.1) is 0 Å². The van der Waals surface area contributed by atoms with E-state index in [-0.39, 0.29) is 30.9 Å². The number of hydrogen-bond donors (Lipinski definition) is 2. The minimum atomic E-state index is -0.883. The van der Waals surface area contributed by atoms with Crippen LogP contribution >= 0.6 is 0 Å². The summed E-state index contributed by atoms with van der Waals surface area (Å²) >= 11 is 0. The number of halogens is 1. The van der Waals surface area contributed by atoms with Crippen molar-refractivity contribution in [1.82, 2.24) is 24.8 Å². The average Bonchev–Trinajstić information content (AvgIpc) is 3.61. The highest BCUT2D eigenvalue weighted by Gasteiger charge is 2.44. The third-order valence-corrected chi connectivity index (χ3v) is 6.98. The second kappa shape index (κ2) is 10.8. The summed E-state index contributed by atoms with van der Waals surface area (Å²) in [6.45, 7) is 2.86. The molecule has 0 aliphatic carbocycles. The van der Waals surface area contributed by atoms with Crippen molar-refractivity contribution in [2.24, 2.45) is 5.41 Å². The Morgan fingerprint density at radius 3 is 2.55 bits per heavy atom. The Labute approximate surface area is 229 Å². The lowest BCUT2D eigenvalue weighted by atomic mass is 9.90. The van der Waals surface area contributed by atoms with E-state index in [9.17, 15) is 14.3 Å². The molecule has 2 aliphatic rings. The largest absolute Gasteiger partial charge is 0.424 e. The van der Waals surface area contributed by atoms with Crippen molar-refractivity contribution in [2.45, 2.75) is 25.7 Å². The van der Waals surface area contributed by atoms with Crippen LogP contribution in [0.4, 0.5) is 4.39 Å². The highest BCUT2D eigenvalue weighted by molar-refractivity contribution is 5.83. The van der Waals surface area contributed by atoms with Crippen molar-refractivity contribution in [1.29, 1.82) is 0 Å². The second-order valence-corrected chi connectivity index (χ2v) is 10.2. The quantitative estimate of drug-likeness (QED) is 0.371. The molecule has 0 radical (unpaired) electrons. The number of amides is 1. The van der Waals surface area contributed by atoms with Crippen molar-refractivity contribution in [3.8, 4) is 34.4 Å². The van der Waals surface area contributed by atoms with Gasteiger partial charge in [-0.1, -0.05) is 18.2 Å². The molecule has 2 saturated heterocycles. The first-order valence-electron chi connectivity index (χ1n) is 13.0. The topological polar surface area (TPSA) is 123 Å². The molecule has 0 bridgehead atoms. The van der Waals surface area contributed by atoms with E-state index in [1.54, 1.807) is 48.4 Å². The number of rotatable bonds is 6. The fraction of sp³-hybridized carbons (Fsp3) is 0.310. The number of carbonyl (C=O) groups excluding carboxylic acids is 1. The first-order chi connectivity index (χ1) is 19.4. The molecule has 4 heterocycles. The normalized spacial score (nSPS) is 22.8. The van der Waals surface area contributed by atoms with Gasteiger partial charge in [0.2, 0.25) is 12.2 Å². The molecule has 2 aromatic carbocycles. The van der Waals surface area contributed by atoms with Crippen LogP contribution in [0.1, 0.15) is 25.5 Å². The van der Waals surface area contributed by atoms with Gasteiger partial charge in [-0.2, -0.15) is 4.98 Å². The Bertz CT molecular complexity index is 1490. The van der Waals surface area contributed by atoms with Gasteiger partial charge >= 0.3 is 6.01 Å². The lowest BCUT2D eigenvalue weighted by Crippen LogP contribution is -2.49. The highest BCUT2D eigenvalue weighted by atomic mass is 19.1. The fourth-order valence-corrected chi connectivity index (χ4v) is 4.83. The van der Waals surface area contributed by atoms with Crippen LogP contribution in [0.3, 0.4) is 0 Å². The summed E-state index contributed by atoms with van der Waals surface area (Å²) < 4.78 is 31.5. The van der Waals surface area contributed by atoms with Crippen molar-refractivity contribution < 1.29 is 28.5 Å². The molecule has 40 heavy (non-hydrogen) atoms. The summed E-state index contributed by atoms with van der Waals surface area (Å²) in [5, 5.41) is 9.84. The lowest BCUT2D eigenvalue weighted by Gasteiger charge is -2.37. The van der Waals surface area contributed by atoms with Gasteiger partial charge in [-0.3, -0.25) is 4.79 Å². The second-order valence-electron chi connectivity index (χ2n) is 10.2. The van der Waals surface area contributed by atoms with Crippen LogP contribution in [0, 0.1) is 11.2 Å². The summed E-state index contributed by atoms with van der Waals surface area (Å²) in [5.41, 5.74) is 1.34. The number of aromatic amines is 1. The zero-order valence-corrected chi connectivity index (χ0v) is 21.8. The molecule has 11 heteroatoms. The van der Waals surface area contributed by atoms with Crippen LogP contribution in [0.25, 0.3) is 22.6 Å². The number of nitrogens with one attached hydrogen (secondary N) is 1. The lowest BCUT2D eigenvalue weighted by molar-refractivity contribution is -0.234. The Morgan fingerprint density at radius 1 is 1.10 bits per heavy atom. The van der Waals surface area contributed by atoms with Gasteiger partial charge in [-0.25, -0.2) is 14.4 Å². The molecule has 2 aliphatic heterocycles. The molecule has 1 atom stereocenters. The van der Waals surface area contributed by atoms with Gasteiger partial charge in [0.15, 0.2) is 5.82 Å². The molecule has 2 aromatic heterocycles. The van der Waals surface area contributed by atoms with Crippen molar-refractivity contribution in [2.75, 3.05) is 26.3 Å². The number of nitrogens with zero attached hydrogens (tertiary/aromatic N) is 4. The minimum Gasteiger partial charge on any atom is -0.424 e. The first kappa shape index (κ1) is 26.1. The van der Waals surface area contributed by atoms with E-state index < -0.39 is 17.8 Å². The van der Waals surface area contributed by atoms with Crippen LogP contribution in [0.15, 0.2) is 66.9 Å². The Hall–Kier alpha value is -4.19. The standard InChI is InChI=1S/C29H28FN5O5/c1-29(27(37)35-14-12-20(36)15-35)16-38-26(39-17-29)25-33-23(18-7-9-19(30)10-8-18)24(34-25)22-11-13-31-28(32-22)40-21-5-3-2-4-6-21/h2-11,13,20,26,36H,12,14-17H2,1H3,(H,33,34). The number of carbonyl (C=O) groups is 1. The third-order valence-electron chi connectivity index (χ3n) is 6.98. The fourth-order valence-electron chi connectivity index (χ4n) is 4.83. The highest BCUT2D eigenvalue weighted by Crippen LogP contribution is 2.37. The number of aliphatic hydroxyl groups is 1. The van der Waals surface area contributed by atoms with Crippen molar-refractivity contribution in [3.63, 3.8) is 0 Å². The van der Waals surface area contributed by atoms with Gasteiger partial charge < -0.3 is 29.2 Å². The van der Waals surface area contributed by atoms with Crippen molar-refractivity contribution >= 4 is 5.91 Å². The number of ether oxygens (including phenoxy) is 3. The summed E-state index contributed by atoms with van der Waals surface area (Å²) in [6.07, 6.45) is 0.780. The molecule has 1 unspecified atom stereocenters. The molecule has 206 valence electrons. The Kier molecular flexibility index (Phi) is 7.01. The zero-order valence-electron chi connectivity index (χ0n) is 21.8. The average molecular weight is 546 g/mol. The molecule has 4 aromatic rings. The zero-order chi connectivity index (χ0) is 27.7. The number of aliphatic hydroxyl groups excluding tert-OH is 1. The van der Waals surface area contributed by atoms with Crippen LogP contribution in [-0.2, 0) is 14.3 Å². The number of aromatic nitrogens is 4. The number of benzene rings is 2. The number of β-amino-alcohol motifs (C(OH)–C–C–N with tert-alkyl or cyclic N) is 1. The van der Waals surface area contributed by atoms with Crippen LogP contribution in [-0.4, -0.2) is 68.3 Å². The van der Waals surface area contributed by atoms with E-state index in [0.29, 0.717) is 53.7 Å². The Balaban J connectivity index is 1.27. The first-order valence-corrected chi connectivity index (χ1v) is 13.0. The van der Waals surface area contributed by atoms with Gasteiger partial charge in [-0.05, 0) is 55.8 Å². The van der Waals surface area contributed by atoms with E-state index >= 15 is 0 Å². The summed E-state index contributed by atoms with van der Waals surface area (Å²) in [7, 11) is 0. The van der Waals surface area contributed by atoms with E-state index in [4.69, 9.17) is 19.2 Å². The molecular formula is C29H28FN5O5. The Morgan fingerprint density at radius 2 is 1.85 bits per heavy atom. The minimum absolute atomic E-state index is 0.110. The molecule has 6 rings (SSSR count). The molecule has 0 saturated carbocycles. The number of likely N-dealkylation sites (tertiary alicyclic amines) is 1. The van der Waals surface area contributed by atoms with E-state index in [2.05, 4.69) is 15.0 Å². The van der Waals surface area contributed by atoms with E-state index in [0.717, 1.165) is 0 Å². The predicted octanol–water partition coefficient (Wildman–Crippen LogP) is 4.11. The van der Waals surface area contributed by atoms with Gasteiger partial charge in [0.25, 0.3) is 0 Å². The molecule has 2 fully saturated rings. The predicted molar refractivity (Wildman–Crippen MR) is 141 cm³/mol. The van der Waals surface area contributed by atoms with Crippen LogP contribution in [0.5, 0.6) is 11.8 Å². The smallest absolute Gasteiger partial charge is 0.322 e. The van der Waals surface area contributed by atoms with Crippen molar-refractivity contribution in [3.05, 3.63) is 78.5 Å². The van der Waals surface area contributed by atoms with E-state index in [1.165, 1.54) is 12.1 Å². The molecule has 1 amide bonds. The van der Waals surface area contributed by atoms with Gasteiger partial charge in [0.1, 0.15) is 11.6 Å². The SMILES string of the molecule is CC1(C(=O)N2CCC(O)C2)COC(c2nc(-c3ccc(F)cc3)c(-c3ccnc(Oc4ccccc4)n3)[nH]2)OC1. The number of imidazole rings is 1. The summed E-state index contributed by atoms with van der Waals surface area (Å²) in [6, 6.07) is 17.0. The molecule has 0 spiro atoms. The maximum Gasteiger partial charge on any atom is 0.322 e. The molecular weight excluding hydrogens is 517 g/mol. The molecule has 2 N–H and O–H groups in total. The maximum absolute atomic E-state index is 13.7. The van der Waals surface area contributed by atoms with E-state index in [1.807, 2.05) is 18.2 Å². The maximum atomic E-state index is 13.7. The monoisotopic (exact) mass is 545 g/mol. The summed E-state index contributed by atoms with van der Waals surface area (Å²) in [5.74, 6) is 0.495.